The first-order chi connectivity index (χ1) is 12.4. The molecular formula is C21H28ClNO4. The minimum atomic E-state index is -1.02. The van der Waals surface area contributed by atoms with Crippen LogP contribution in [0.4, 0.5) is 0 Å². The number of ether oxygens (including phenoxy) is 1. The molecule has 1 heterocycles. The summed E-state index contributed by atoms with van der Waals surface area (Å²) in [5, 5.41) is 22.5. The van der Waals surface area contributed by atoms with Crippen LogP contribution in [0.25, 0.3) is 0 Å². The van der Waals surface area contributed by atoms with Crippen LogP contribution in [0.5, 0.6) is 11.5 Å². The Hall–Kier alpha value is -1.30. The van der Waals surface area contributed by atoms with Crippen molar-refractivity contribution in [2.75, 3.05) is 13.6 Å². The van der Waals surface area contributed by atoms with E-state index in [2.05, 4.69) is 11.9 Å². The number of phenols is 1. The zero-order valence-electron chi connectivity index (χ0n) is 15.9. The number of aliphatic hydroxyl groups is 1. The quantitative estimate of drug-likeness (QED) is 0.822. The Bertz CT molecular complexity index is 795. The van der Waals surface area contributed by atoms with Gasteiger partial charge in [0.25, 0.3) is 0 Å². The maximum Gasteiger partial charge on any atom is 0.174 e. The van der Waals surface area contributed by atoms with E-state index in [1.807, 2.05) is 13.0 Å². The molecule has 4 aliphatic rings. The van der Waals surface area contributed by atoms with E-state index in [1.54, 1.807) is 6.07 Å². The number of Topliss-reactive ketones (excluding diaryl/α,β-unsaturated/α-hetero) is 1. The fourth-order valence-corrected chi connectivity index (χ4v) is 6.06. The number of nitrogens with zero attached hydrogens (tertiary/aromatic N) is 1. The summed E-state index contributed by atoms with van der Waals surface area (Å²) in [6, 6.07) is 3.58. The Morgan fingerprint density at radius 3 is 2.74 bits per heavy atom. The molecule has 6 heteroatoms. The SMILES string of the molecule is CC[C@]12c3c4ccc(O)c3O[C@H]1C(=O)CC[C@@]2(O)[C@H](N(C)CC1CC1)C4.Cl. The first kappa shape index (κ1) is 19.0. The van der Waals surface area contributed by atoms with Crippen molar-refractivity contribution in [1.29, 1.82) is 0 Å². The van der Waals surface area contributed by atoms with Crippen molar-refractivity contribution >= 4 is 18.2 Å². The van der Waals surface area contributed by atoms with E-state index in [0.29, 0.717) is 25.0 Å². The fraction of sp³-hybridized carbons (Fsp3) is 0.667. The van der Waals surface area contributed by atoms with Gasteiger partial charge in [0.15, 0.2) is 23.4 Å². The Balaban J connectivity index is 0.00000180. The maximum atomic E-state index is 12.8. The number of carbonyl (C=O) groups excluding carboxylic acids is 1. The second-order valence-corrected chi connectivity index (χ2v) is 8.76. The number of halogens is 1. The summed E-state index contributed by atoms with van der Waals surface area (Å²) in [6.07, 6.45) is 4.01. The van der Waals surface area contributed by atoms with Gasteiger partial charge >= 0.3 is 0 Å². The van der Waals surface area contributed by atoms with Crippen molar-refractivity contribution in [3.05, 3.63) is 23.3 Å². The third-order valence-electron chi connectivity index (χ3n) is 7.47. The molecule has 27 heavy (non-hydrogen) atoms. The molecule has 148 valence electrons. The van der Waals surface area contributed by atoms with Crippen LogP contribution < -0.4 is 4.74 Å². The van der Waals surface area contributed by atoms with E-state index in [9.17, 15) is 15.0 Å². The number of benzene rings is 1. The molecule has 5 nitrogen and oxygen atoms in total. The molecular weight excluding hydrogens is 366 g/mol. The maximum absolute atomic E-state index is 12.8. The minimum Gasteiger partial charge on any atom is -0.504 e. The van der Waals surface area contributed by atoms with Gasteiger partial charge in [0.05, 0.1) is 11.0 Å². The zero-order valence-corrected chi connectivity index (χ0v) is 16.7. The largest absolute Gasteiger partial charge is 0.504 e. The third-order valence-corrected chi connectivity index (χ3v) is 7.47. The van der Waals surface area contributed by atoms with E-state index in [4.69, 9.17) is 4.74 Å². The second kappa shape index (κ2) is 6.10. The lowest BCUT2D eigenvalue weighted by Gasteiger charge is -2.58. The number of rotatable bonds is 4. The van der Waals surface area contributed by atoms with Crippen LogP contribution in [0.3, 0.4) is 0 Å². The summed E-state index contributed by atoms with van der Waals surface area (Å²) in [4.78, 5) is 15.1. The van der Waals surface area contributed by atoms with Crippen LogP contribution in [-0.2, 0) is 16.6 Å². The van der Waals surface area contributed by atoms with Gasteiger partial charge in [-0.05, 0) is 56.7 Å². The van der Waals surface area contributed by atoms with Crippen molar-refractivity contribution < 1.29 is 19.7 Å². The zero-order chi connectivity index (χ0) is 18.3. The van der Waals surface area contributed by atoms with Crippen molar-refractivity contribution in [1.82, 2.24) is 4.90 Å². The van der Waals surface area contributed by atoms with Crippen LogP contribution in [-0.4, -0.2) is 52.2 Å². The second-order valence-electron chi connectivity index (χ2n) is 8.76. The molecule has 0 bridgehead atoms. The lowest BCUT2D eigenvalue weighted by molar-refractivity contribution is -0.169. The van der Waals surface area contributed by atoms with E-state index in [0.717, 1.165) is 30.0 Å². The summed E-state index contributed by atoms with van der Waals surface area (Å²) >= 11 is 0. The van der Waals surface area contributed by atoms with Gasteiger partial charge in [0, 0.05) is 24.6 Å². The van der Waals surface area contributed by atoms with E-state index in [-0.39, 0.29) is 30.0 Å². The number of likely N-dealkylation sites (N-methyl/N-ethyl adjacent to an activating group) is 1. The molecule has 0 unspecified atom stereocenters. The molecule has 5 rings (SSSR count). The predicted octanol–water partition coefficient (Wildman–Crippen LogP) is 2.58. The lowest BCUT2D eigenvalue weighted by Crippen LogP contribution is -2.72. The number of hydrogen-bond acceptors (Lipinski definition) is 5. The lowest BCUT2D eigenvalue weighted by atomic mass is 9.51. The first-order valence-corrected chi connectivity index (χ1v) is 9.89. The number of ketones is 1. The summed E-state index contributed by atoms with van der Waals surface area (Å²) in [7, 11) is 2.11. The molecule has 4 atom stereocenters. The highest BCUT2D eigenvalue weighted by atomic mass is 35.5. The number of phenolic OH excluding ortho intramolecular Hbond substituents is 1. The van der Waals surface area contributed by atoms with Gasteiger partial charge in [-0.2, -0.15) is 0 Å². The molecule has 1 aromatic carbocycles. The molecule has 2 fully saturated rings. The average molecular weight is 394 g/mol. The van der Waals surface area contributed by atoms with Gasteiger partial charge in [-0.25, -0.2) is 0 Å². The molecule has 0 saturated heterocycles. The molecule has 3 aliphatic carbocycles. The highest BCUT2D eigenvalue weighted by Gasteiger charge is 2.70. The summed E-state index contributed by atoms with van der Waals surface area (Å²) in [6.45, 7) is 3.03. The van der Waals surface area contributed by atoms with Crippen molar-refractivity contribution in [3.63, 3.8) is 0 Å². The van der Waals surface area contributed by atoms with Crippen LogP contribution in [0.2, 0.25) is 0 Å². The normalized spacial score (nSPS) is 36.2. The van der Waals surface area contributed by atoms with Crippen molar-refractivity contribution in [3.8, 4) is 11.5 Å². The number of carbonyl (C=O) groups is 1. The topological polar surface area (TPSA) is 70.0 Å². The number of hydrogen-bond donors (Lipinski definition) is 2. The van der Waals surface area contributed by atoms with Crippen LogP contribution in [0, 0.1) is 5.92 Å². The molecule has 1 aromatic rings. The predicted molar refractivity (Wildman–Crippen MR) is 104 cm³/mol. The molecule has 0 spiro atoms. The average Bonchev–Trinajstić information content (AvgIpc) is 3.34. The third kappa shape index (κ3) is 2.28. The summed E-state index contributed by atoms with van der Waals surface area (Å²) < 4.78 is 6.05. The van der Waals surface area contributed by atoms with Gasteiger partial charge in [0.1, 0.15) is 0 Å². The number of aromatic hydroxyl groups is 1. The van der Waals surface area contributed by atoms with E-state index >= 15 is 0 Å². The highest BCUT2D eigenvalue weighted by molar-refractivity contribution is 5.89. The Morgan fingerprint density at radius 1 is 1.33 bits per heavy atom. The van der Waals surface area contributed by atoms with Gasteiger partial charge in [0.2, 0.25) is 0 Å². The smallest absolute Gasteiger partial charge is 0.174 e. The fourth-order valence-electron chi connectivity index (χ4n) is 6.06. The van der Waals surface area contributed by atoms with E-state index < -0.39 is 17.1 Å². The van der Waals surface area contributed by atoms with Crippen molar-refractivity contribution in [2.45, 2.75) is 68.6 Å². The monoisotopic (exact) mass is 393 g/mol. The van der Waals surface area contributed by atoms with Gasteiger partial charge in [-0.3, -0.25) is 9.69 Å². The van der Waals surface area contributed by atoms with Crippen molar-refractivity contribution in [2.24, 2.45) is 5.92 Å². The Kier molecular flexibility index (Phi) is 4.30. The van der Waals surface area contributed by atoms with Gasteiger partial charge in [-0.15, -0.1) is 12.4 Å². The highest BCUT2D eigenvalue weighted by Crippen LogP contribution is 2.63. The van der Waals surface area contributed by atoms with Crippen LogP contribution >= 0.6 is 12.4 Å². The summed E-state index contributed by atoms with van der Waals surface area (Å²) in [5.41, 5.74) is 0.216. The van der Waals surface area contributed by atoms with Crippen LogP contribution in [0.15, 0.2) is 12.1 Å². The molecule has 0 radical (unpaired) electrons. The first-order valence-electron chi connectivity index (χ1n) is 9.89. The molecule has 0 amide bonds. The van der Waals surface area contributed by atoms with Crippen LogP contribution in [0.1, 0.15) is 50.2 Å². The van der Waals surface area contributed by atoms with E-state index in [1.165, 1.54) is 12.8 Å². The summed E-state index contributed by atoms with van der Waals surface area (Å²) in [5.74, 6) is 1.28. The minimum absolute atomic E-state index is 0. The standard InChI is InChI=1S/C21H27NO4.ClH/c1-3-20-17-13-6-7-14(23)18(17)26-19(20)15(24)8-9-21(20,25)16(10-13)22(2)11-12-4-5-12;/h6-7,12,16,19,23,25H,3-5,8-11H2,1-2H3;1H/t16-,19+,20+,21-;/m1./s1. The Morgan fingerprint density at radius 2 is 2.07 bits per heavy atom. The molecule has 0 aromatic heterocycles. The Labute approximate surface area is 166 Å². The van der Waals surface area contributed by atoms with Gasteiger partial charge < -0.3 is 14.9 Å². The molecule has 1 aliphatic heterocycles. The molecule has 2 saturated carbocycles. The molecule has 2 N–H and O–H groups in total. The van der Waals surface area contributed by atoms with Gasteiger partial charge in [-0.1, -0.05) is 13.0 Å².